The van der Waals surface area contributed by atoms with E-state index >= 15 is 0 Å². The minimum atomic E-state index is -1.35. The van der Waals surface area contributed by atoms with Gasteiger partial charge in [-0.1, -0.05) is 92.9 Å². The monoisotopic (exact) mass is 604 g/mol. The van der Waals surface area contributed by atoms with Gasteiger partial charge in [0.1, 0.15) is 0 Å². The Kier molecular flexibility index (Phi) is 11.8. The zero-order valence-corrected chi connectivity index (χ0v) is 27.3. The lowest BCUT2D eigenvalue weighted by Crippen LogP contribution is -2.40. The Labute approximate surface area is 264 Å². The molecule has 1 unspecified atom stereocenters. The van der Waals surface area contributed by atoms with Crippen LogP contribution in [0.3, 0.4) is 0 Å². The summed E-state index contributed by atoms with van der Waals surface area (Å²) in [6.45, 7) is 13.7. The maximum absolute atomic E-state index is 13.4. The molecule has 2 fully saturated rings. The van der Waals surface area contributed by atoms with E-state index in [0.29, 0.717) is 12.3 Å². The van der Waals surface area contributed by atoms with Gasteiger partial charge in [-0.3, -0.25) is 0 Å². The smallest absolute Gasteiger partial charge is 0.339 e. The van der Waals surface area contributed by atoms with Crippen LogP contribution in [-0.2, 0) is 34.3 Å². The number of benzene rings is 2. The number of allylic oxidation sites excluding steroid dienone is 1. The third-order valence-electron chi connectivity index (χ3n) is 9.38. The van der Waals surface area contributed by atoms with Gasteiger partial charge in [0.25, 0.3) is 0 Å². The molecule has 0 amide bonds. The first-order chi connectivity index (χ1) is 21.1. The molecule has 1 aliphatic heterocycles. The summed E-state index contributed by atoms with van der Waals surface area (Å²) >= 11 is 0. The van der Waals surface area contributed by atoms with Crippen molar-refractivity contribution in [2.45, 2.75) is 129 Å². The van der Waals surface area contributed by atoms with Crippen molar-refractivity contribution in [3.05, 3.63) is 84.4 Å². The van der Waals surface area contributed by atoms with Gasteiger partial charge in [0.2, 0.25) is 0 Å². The first-order valence-electron chi connectivity index (χ1n) is 16.6. The quantitative estimate of drug-likeness (QED) is 0.122. The average Bonchev–Trinajstić information content (AvgIpc) is 3.42. The Bertz CT molecular complexity index is 1170. The summed E-state index contributed by atoms with van der Waals surface area (Å²) in [5, 5.41) is 0. The molecule has 0 radical (unpaired) electrons. The fourth-order valence-corrected chi connectivity index (χ4v) is 7.17. The lowest BCUT2D eigenvalue weighted by Gasteiger charge is -2.47. The second-order valence-electron chi connectivity index (χ2n) is 13.2. The molecule has 0 spiro atoms. The zero-order valence-electron chi connectivity index (χ0n) is 27.3. The van der Waals surface area contributed by atoms with Crippen LogP contribution in [-0.4, -0.2) is 36.4 Å². The first-order valence-corrected chi connectivity index (χ1v) is 16.6. The molecule has 1 aliphatic carbocycles. The molecule has 6 heteroatoms. The van der Waals surface area contributed by atoms with Crippen LogP contribution in [0.4, 0.5) is 0 Å². The average molecular weight is 605 g/mol. The molecule has 0 bridgehead atoms. The SMILES string of the molecule is C=CC(CC1(c2ccccc2)O[C@@H](C(=O)OC(C)C)[C@H](C(=O)OC(C)C)O1)C1(CCCCC)CCC(c2ccccc2)CC1. The first kappa shape index (κ1) is 33.9. The van der Waals surface area contributed by atoms with Crippen molar-refractivity contribution in [2.24, 2.45) is 11.3 Å². The Hall–Kier alpha value is -2.96. The second kappa shape index (κ2) is 15.4. The molecule has 240 valence electrons. The molecule has 44 heavy (non-hydrogen) atoms. The van der Waals surface area contributed by atoms with Crippen LogP contribution >= 0.6 is 0 Å². The summed E-state index contributed by atoms with van der Waals surface area (Å²) in [6, 6.07) is 20.5. The molecule has 1 heterocycles. The van der Waals surface area contributed by atoms with Gasteiger partial charge in [-0.25, -0.2) is 9.59 Å². The predicted molar refractivity (Wildman–Crippen MR) is 173 cm³/mol. The Morgan fingerprint density at radius 1 is 0.864 bits per heavy atom. The number of rotatable bonds is 14. The van der Waals surface area contributed by atoms with Crippen LogP contribution in [0.1, 0.15) is 109 Å². The lowest BCUT2D eigenvalue weighted by molar-refractivity contribution is -0.210. The molecule has 1 saturated heterocycles. The van der Waals surface area contributed by atoms with Gasteiger partial charge in [-0.15, -0.1) is 6.58 Å². The van der Waals surface area contributed by atoms with Gasteiger partial charge < -0.3 is 18.9 Å². The second-order valence-corrected chi connectivity index (χ2v) is 13.2. The number of unbranched alkanes of at least 4 members (excludes halogenated alkanes) is 2. The topological polar surface area (TPSA) is 71.1 Å². The normalized spacial score (nSPS) is 25.5. The van der Waals surface area contributed by atoms with E-state index in [0.717, 1.165) is 50.5 Å². The molecule has 6 nitrogen and oxygen atoms in total. The summed E-state index contributed by atoms with van der Waals surface area (Å²) in [7, 11) is 0. The zero-order chi connectivity index (χ0) is 31.7. The van der Waals surface area contributed by atoms with Crippen molar-refractivity contribution >= 4 is 11.9 Å². The van der Waals surface area contributed by atoms with Gasteiger partial charge in [0, 0.05) is 12.0 Å². The molecule has 0 N–H and O–H groups in total. The standard InChI is InChI=1S/C38H52O6/c1-7-9-16-23-37(24-21-30(22-25-37)29-17-12-10-13-18-29)31(8-2)26-38(32-19-14-11-15-20-32)43-33(35(39)41-27(3)4)34(44-38)36(40)42-28(5)6/h8,10-15,17-20,27-28,30-31,33-34H,2,7,9,16,21-26H2,1,3-6H3/t30?,31?,33-,34-,37?/m1/s1. The van der Waals surface area contributed by atoms with Gasteiger partial charge in [-0.05, 0) is 82.6 Å². The summed E-state index contributed by atoms with van der Waals surface area (Å²) in [5.41, 5.74) is 2.17. The maximum Gasteiger partial charge on any atom is 0.339 e. The van der Waals surface area contributed by atoms with Crippen LogP contribution in [0.5, 0.6) is 0 Å². The number of carbonyl (C=O) groups is 2. The molecule has 3 atom stereocenters. The van der Waals surface area contributed by atoms with E-state index in [1.54, 1.807) is 27.7 Å². The minimum Gasteiger partial charge on any atom is -0.461 e. The Morgan fingerprint density at radius 3 is 1.86 bits per heavy atom. The van der Waals surface area contributed by atoms with Gasteiger partial charge in [-0.2, -0.15) is 0 Å². The van der Waals surface area contributed by atoms with E-state index in [9.17, 15) is 9.59 Å². The molecule has 2 aromatic carbocycles. The lowest BCUT2D eigenvalue weighted by atomic mass is 9.59. The molecule has 2 aliphatic rings. The highest BCUT2D eigenvalue weighted by Gasteiger charge is 2.58. The molecule has 4 rings (SSSR count). The van der Waals surface area contributed by atoms with Crippen LogP contribution in [0, 0.1) is 11.3 Å². The highest BCUT2D eigenvalue weighted by atomic mass is 16.8. The minimum absolute atomic E-state index is 0.00116. The Morgan fingerprint density at radius 2 is 1.39 bits per heavy atom. The number of hydrogen-bond acceptors (Lipinski definition) is 6. The van der Waals surface area contributed by atoms with Crippen molar-refractivity contribution in [3.63, 3.8) is 0 Å². The summed E-state index contributed by atoms with van der Waals surface area (Å²) < 4.78 is 24.4. The molecule has 0 aromatic heterocycles. The van der Waals surface area contributed by atoms with Gasteiger partial charge in [0.15, 0.2) is 18.0 Å². The molecular weight excluding hydrogens is 552 g/mol. The van der Waals surface area contributed by atoms with Gasteiger partial charge in [0.05, 0.1) is 12.2 Å². The van der Waals surface area contributed by atoms with E-state index in [1.165, 1.54) is 12.0 Å². The van der Waals surface area contributed by atoms with Crippen molar-refractivity contribution in [1.82, 2.24) is 0 Å². The van der Waals surface area contributed by atoms with E-state index in [1.807, 2.05) is 30.3 Å². The van der Waals surface area contributed by atoms with Crippen molar-refractivity contribution in [3.8, 4) is 0 Å². The highest BCUT2D eigenvalue weighted by Crippen LogP contribution is 2.55. The van der Waals surface area contributed by atoms with Crippen LogP contribution in [0.2, 0.25) is 0 Å². The third kappa shape index (κ3) is 8.00. The van der Waals surface area contributed by atoms with Crippen molar-refractivity contribution in [2.75, 3.05) is 0 Å². The van der Waals surface area contributed by atoms with Crippen LogP contribution in [0.15, 0.2) is 73.3 Å². The third-order valence-corrected chi connectivity index (χ3v) is 9.38. The van der Waals surface area contributed by atoms with E-state index < -0.39 is 29.9 Å². The van der Waals surface area contributed by atoms with Crippen molar-refractivity contribution < 1.29 is 28.5 Å². The molecule has 1 saturated carbocycles. The van der Waals surface area contributed by atoms with E-state index in [4.69, 9.17) is 18.9 Å². The molecule has 2 aromatic rings. The maximum atomic E-state index is 13.4. The summed E-state index contributed by atoms with van der Waals surface area (Å²) in [4.78, 5) is 26.8. The van der Waals surface area contributed by atoms with E-state index in [-0.39, 0.29) is 23.5 Å². The number of carbonyl (C=O) groups excluding carboxylic acids is 2. The highest BCUT2D eigenvalue weighted by molar-refractivity contribution is 5.86. The Balaban J connectivity index is 1.70. The largest absolute Gasteiger partial charge is 0.461 e. The fourth-order valence-electron chi connectivity index (χ4n) is 7.17. The summed E-state index contributed by atoms with van der Waals surface area (Å²) in [5.74, 6) is -2.04. The van der Waals surface area contributed by atoms with Crippen LogP contribution in [0.25, 0.3) is 0 Å². The predicted octanol–water partition coefficient (Wildman–Crippen LogP) is 8.64. The van der Waals surface area contributed by atoms with Crippen molar-refractivity contribution in [1.29, 1.82) is 0 Å². The number of hydrogen-bond donors (Lipinski definition) is 0. The van der Waals surface area contributed by atoms with Crippen LogP contribution < -0.4 is 0 Å². The number of esters is 2. The number of ether oxygens (including phenoxy) is 4. The van der Waals surface area contributed by atoms with Gasteiger partial charge >= 0.3 is 11.9 Å². The summed E-state index contributed by atoms with van der Waals surface area (Å²) in [6.07, 6.45) is 8.14. The fraction of sp³-hybridized carbons (Fsp3) is 0.579. The molecular formula is C38H52O6. The van der Waals surface area contributed by atoms with E-state index in [2.05, 4.69) is 49.9 Å².